The summed E-state index contributed by atoms with van der Waals surface area (Å²) in [7, 11) is 0. The SMILES string of the molecule is Cc1ccccc1OCc1c[nH]c2c(C(=O)O)cccc12. The highest BCUT2D eigenvalue weighted by Gasteiger charge is 2.12. The lowest BCUT2D eigenvalue weighted by atomic mass is 10.1. The van der Waals surface area contributed by atoms with Crippen LogP contribution < -0.4 is 4.74 Å². The zero-order valence-corrected chi connectivity index (χ0v) is 11.6. The molecule has 3 rings (SSSR count). The predicted molar refractivity (Wildman–Crippen MR) is 80.8 cm³/mol. The van der Waals surface area contributed by atoms with Crippen molar-refractivity contribution in [1.29, 1.82) is 0 Å². The number of carboxylic acids is 1. The van der Waals surface area contributed by atoms with Gasteiger partial charge in [0.05, 0.1) is 11.1 Å². The van der Waals surface area contributed by atoms with Crippen molar-refractivity contribution in [3.05, 3.63) is 65.4 Å². The standard InChI is InChI=1S/C17H15NO3/c1-11-5-2-3-8-15(11)21-10-12-9-18-16-13(12)6-4-7-14(16)17(19)20/h2-9,18H,10H2,1H3,(H,19,20). The number of hydrogen-bond acceptors (Lipinski definition) is 2. The number of aromatic carboxylic acids is 1. The molecule has 1 heterocycles. The third-order valence-electron chi connectivity index (χ3n) is 3.51. The van der Waals surface area contributed by atoms with Gasteiger partial charge >= 0.3 is 5.97 Å². The average Bonchev–Trinajstić information content (AvgIpc) is 2.89. The lowest BCUT2D eigenvalue weighted by Crippen LogP contribution is -1.98. The van der Waals surface area contributed by atoms with Crippen molar-refractivity contribution < 1.29 is 14.6 Å². The monoisotopic (exact) mass is 281 g/mol. The second-order valence-corrected chi connectivity index (χ2v) is 4.90. The second kappa shape index (κ2) is 5.32. The van der Waals surface area contributed by atoms with E-state index >= 15 is 0 Å². The van der Waals surface area contributed by atoms with Gasteiger partial charge in [0.2, 0.25) is 0 Å². The lowest BCUT2D eigenvalue weighted by Gasteiger charge is -2.08. The molecule has 3 aromatic rings. The van der Waals surface area contributed by atoms with Gasteiger partial charge in [-0.25, -0.2) is 4.79 Å². The fraction of sp³-hybridized carbons (Fsp3) is 0.118. The van der Waals surface area contributed by atoms with Crippen LogP contribution in [0.4, 0.5) is 0 Å². The first kappa shape index (κ1) is 13.2. The molecular formula is C17H15NO3. The van der Waals surface area contributed by atoms with E-state index in [-0.39, 0.29) is 5.56 Å². The molecule has 0 saturated carbocycles. The van der Waals surface area contributed by atoms with Crippen LogP contribution >= 0.6 is 0 Å². The van der Waals surface area contributed by atoms with Crippen LogP contribution in [-0.4, -0.2) is 16.1 Å². The van der Waals surface area contributed by atoms with Crippen molar-refractivity contribution in [2.45, 2.75) is 13.5 Å². The van der Waals surface area contributed by atoms with Crippen LogP contribution in [0.2, 0.25) is 0 Å². The summed E-state index contributed by atoms with van der Waals surface area (Å²) in [5.41, 5.74) is 2.92. The van der Waals surface area contributed by atoms with Crippen LogP contribution in [-0.2, 0) is 6.61 Å². The van der Waals surface area contributed by atoms with E-state index in [4.69, 9.17) is 4.74 Å². The van der Waals surface area contributed by atoms with E-state index in [2.05, 4.69) is 4.98 Å². The van der Waals surface area contributed by atoms with Gasteiger partial charge in [-0.3, -0.25) is 0 Å². The van der Waals surface area contributed by atoms with E-state index < -0.39 is 5.97 Å². The van der Waals surface area contributed by atoms with E-state index in [1.165, 1.54) is 0 Å². The van der Waals surface area contributed by atoms with Gasteiger partial charge in [0.1, 0.15) is 12.4 Å². The van der Waals surface area contributed by atoms with Crippen molar-refractivity contribution in [1.82, 2.24) is 4.98 Å². The summed E-state index contributed by atoms with van der Waals surface area (Å²) < 4.78 is 5.82. The largest absolute Gasteiger partial charge is 0.489 e. The molecule has 0 spiro atoms. The molecular weight excluding hydrogens is 266 g/mol. The van der Waals surface area contributed by atoms with Crippen LogP contribution in [0.3, 0.4) is 0 Å². The number of ether oxygens (including phenoxy) is 1. The van der Waals surface area contributed by atoms with Gasteiger partial charge in [-0.1, -0.05) is 30.3 Å². The van der Waals surface area contributed by atoms with Crippen molar-refractivity contribution in [2.75, 3.05) is 0 Å². The van der Waals surface area contributed by atoms with Gasteiger partial charge in [0, 0.05) is 17.1 Å². The molecule has 0 aliphatic heterocycles. The fourth-order valence-corrected chi connectivity index (χ4v) is 2.38. The molecule has 0 bridgehead atoms. The van der Waals surface area contributed by atoms with Gasteiger partial charge in [0.25, 0.3) is 0 Å². The first-order chi connectivity index (χ1) is 10.2. The molecule has 0 unspecified atom stereocenters. The van der Waals surface area contributed by atoms with Gasteiger partial charge in [-0.05, 0) is 24.6 Å². The van der Waals surface area contributed by atoms with Gasteiger partial charge in [0.15, 0.2) is 0 Å². The zero-order valence-electron chi connectivity index (χ0n) is 11.6. The Labute approximate surface area is 122 Å². The van der Waals surface area contributed by atoms with Crippen molar-refractivity contribution in [2.24, 2.45) is 0 Å². The van der Waals surface area contributed by atoms with Crippen LogP contribution in [0, 0.1) is 6.92 Å². The summed E-state index contributed by atoms with van der Waals surface area (Å²) in [6.45, 7) is 2.39. The molecule has 106 valence electrons. The number of aromatic nitrogens is 1. The highest BCUT2D eigenvalue weighted by Crippen LogP contribution is 2.24. The molecule has 1 aromatic heterocycles. The Kier molecular flexibility index (Phi) is 3.36. The van der Waals surface area contributed by atoms with Crippen molar-refractivity contribution in [3.8, 4) is 5.75 Å². The Hall–Kier alpha value is -2.75. The van der Waals surface area contributed by atoms with Gasteiger partial charge < -0.3 is 14.8 Å². The third-order valence-corrected chi connectivity index (χ3v) is 3.51. The van der Waals surface area contributed by atoms with Gasteiger partial charge in [-0.15, -0.1) is 0 Å². The Morgan fingerprint density at radius 1 is 1.19 bits per heavy atom. The second-order valence-electron chi connectivity index (χ2n) is 4.90. The Balaban J connectivity index is 1.90. The number of H-pyrrole nitrogens is 1. The summed E-state index contributed by atoms with van der Waals surface area (Å²) in [5.74, 6) is -0.102. The summed E-state index contributed by atoms with van der Waals surface area (Å²) in [4.78, 5) is 14.2. The topological polar surface area (TPSA) is 62.3 Å². The molecule has 4 nitrogen and oxygen atoms in total. The minimum Gasteiger partial charge on any atom is -0.489 e. The number of fused-ring (bicyclic) bond motifs is 1. The molecule has 0 aliphatic carbocycles. The van der Waals surface area contributed by atoms with Crippen LogP contribution in [0.15, 0.2) is 48.7 Å². The first-order valence-corrected chi connectivity index (χ1v) is 6.67. The summed E-state index contributed by atoms with van der Waals surface area (Å²) >= 11 is 0. The smallest absolute Gasteiger partial charge is 0.337 e. The van der Waals surface area contributed by atoms with Crippen LogP contribution in [0.5, 0.6) is 5.75 Å². The summed E-state index contributed by atoms with van der Waals surface area (Å²) in [6.07, 6.45) is 1.80. The Morgan fingerprint density at radius 2 is 2.00 bits per heavy atom. The molecule has 0 radical (unpaired) electrons. The third kappa shape index (κ3) is 2.48. The Morgan fingerprint density at radius 3 is 2.76 bits per heavy atom. The summed E-state index contributed by atoms with van der Waals surface area (Å²) in [6, 6.07) is 13.0. The number of carbonyl (C=O) groups is 1. The molecule has 4 heteroatoms. The molecule has 0 saturated heterocycles. The normalized spacial score (nSPS) is 10.7. The molecule has 0 aliphatic rings. The molecule has 21 heavy (non-hydrogen) atoms. The summed E-state index contributed by atoms with van der Waals surface area (Å²) in [5, 5.41) is 10.1. The van der Waals surface area contributed by atoms with E-state index in [1.807, 2.05) is 37.3 Å². The molecule has 2 N–H and O–H groups in total. The maximum atomic E-state index is 11.2. The average molecular weight is 281 g/mol. The number of carboxylic acid groups (broad SMARTS) is 1. The number of aryl methyl sites for hydroxylation is 1. The van der Waals surface area contributed by atoms with Gasteiger partial charge in [-0.2, -0.15) is 0 Å². The van der Waals surface area contributed by atoms with Crippen molar-refractivity contribution in [3.63, 3.8) is 0 Å². The number of aromatic amines is 1. The van der Waals surface area contributed by atoms with Crippen LogP contribution in [0.25, 0.3) is 10.9 Å². The highest BCUT2D eigenvalue weighted by atomic mass is 16.5. The maximum absolute atomic E-state index is 11.2. The van der Waals surface area contributed by atoms with Crippen LogP contribution in [0.1, 0.15) is 21.5 Å². The lowest BCUT2D eigenvalue weighted by molar-refractivity contribution is 0.0699. The molecule has 0 fully saturated rings. The van der Waals surface area contributed by atoms with Crippen molar-refractivity contribution >= 4 is 16.9 Å². The number of para-hydroxylation sites is 2. The molecule has 0 atom stereocenters. The zero-order chi connectivity index (χ0) is 14.8. The number of hydrogen-bond donors (Lipinski definition) is 2. The predicted octanol–water partition coefficient (Wildman–Crippen LogP) is 3.75. The van der Waals surface area contributed by atoms with E-state index in [0.29, 0.717) is 12.1 Å². The fourth-order valence-electron chi connectivity index (χ4n) is 2.38. The minimum absolute atomic E-state index is 0.273. The number of nitrogens with one attached hydrogen (secondary N) is 1. The number of benzene rings is 2. The van der Waals surface area contributed by atoms with E-state index in [9.17, 15) is 9.90 Å². The van der Waals surface area contributed by atoms with E-state index in [0.717, 1.165) is 22.3 Å². The highest BCUT2D eigenvalue weighted by molar-refractivity contribution is 6.02. The Bertz CT molecular complexity index is 805. The first-order valence-electron chi connectivity index (χ1n) is 6.67. The maximum Gasteiger partial charge on any atom is 0.337 e. The molecule has 2 aromatic carbocycles. The minimum atomic E-state index is -0.936. The van der Waals surface area contributed by atoms with E-state index in [1.54, 1.807) is 18.3 Å². The number of rotatable bonds is 4. The quantitative estimate of drug-likeness (QED) is 0.765. The molecule has 0 amide bonds.